The Balaban J connectivity index is 1.37. The lowest BCUT2D eigenvalue weighted by molar-refractivity contribution is -0.140. The second-order valence-electron chi connectivity index (χ2n) is 10.1. The molecule has 0 nitrogen and oxygen atoms in total. The number of allylic oxidation sites excluding steroid dienone is 1. The molecule has 0 radical (unpaired) electrons. The van der Waals surface area contributed by atoms with Crippen LogP contribution in [0.4, 0.5) is 17.6 Å². The third-order valence-electron chi connectivity index (χ3n) is 7.97. The van der Waals surface area contributed by atoms with Crippen LogP contribution in [0.1, 0.15) is 107 Å². The van der Waals surface area contributed by atoms with Crippen molar-refractivity contribution in [3.8, 4) is 0 Å². The highest BCUT2D eigenvalue weighted by Crippen LogP contribution is 2.41. The van der Waals surface area contributed by atoms with E-state index >= 15 is 0 Å². The molecule has 2 saturated carbocycles. The standard InChI is InChI=1S/C27H38F4/c1-3-19(2)4-5-20-6-8-21(9-7-20)10-11-22-12-14-23(15-13-22)24-16-17-25(26(28)18-24)27(29,30)31/h16-18,20-23H,2-15H2,1H3. The fourth-order valence-corrected chi connectivity index (χ4v) is 5.66. The van der Waals surface area contributed by atoms with Crippen LogP contribution in [0.3, 0.4) is 0 Å². The normalized spacial score (nSPS) is 27.3. The third-order valence-corrected chi connectivity index (χ3v) is 7.97. The minimum atomic E-state index is -4.62. The van der Waals surface area contributed by atoms with E-state index in [9.17, 15) is 17.6 Å². The predicted octanol–water partition coefficient (Wildman–Crippen LogP) is 9.45. The number of benzene rings is 1. The van der Waals surface area contributed by atoms with Gasteiger partial charge < -0.3 is 0 Å². The van der Waals surface area contributed by atoms with E-state index in [0.717, 1.165) is 67.6 Å². The first-order valence-electron chi connectivity index (χ1n) is 12.3. The minimum Gasteiger partial charge on any atom is -0.206 e. The summed E-state index contributed by atoms with van der Waals surface area (Å²) in [6.45, 7) is 6.32. The van der Waals surface area contributed by atoms with Crippen LogP contribution >= 0.6 is 0 Å². The molecule has 0 bridgehead atoms. The van der Waals surface area contributed by atoms with Crippen LogP contribution in [0.5, 0.6) is 0 Å². The molecule has 1 aromatic carbocycles. The Labute approximate surface area is 185 Å². The maximum absolute atomic E-state index is 13.9. The Morgan fingerprint density at radius 2 is 1.39 bits per heavy atom. The second kappa shape index (κ2) is 11.0. The predicted molar refractivity (Wildman–Crippen MR) is 119 cm³/mol. The van der Waals surface area contributed by atoms with Crippen LogP contribution in [0, 0.1) is 23.6 Å². The van der Waals surface area contributed by atoms with Crippen molar-refractivity contribution < 1.29 is 17.6 Å². The van der Waals surface area contributed by atoms with E-state index in [1.54, 1.807) is 0 Å². The molecule has 2 aliphatic rings. The van der Waals surface area contributed by atoms with Gasteiger partial charge in [-0.25, -0.2) is 4.39 Å². The van der Waals surface area contributed by atoms with Gasteiger partial charge in [0, 0.05) is 0 Å². The van der Waals surface area contributed by atoms with Gasteiger partial charge >= 0.3 is 6.18 Å². The quantitative estimate of drug-likeness (QED) is 0.280. The molecule has 174 valence electrons. The molecule has 31 heavy (non-hydrogen) atoms. The van der Waals surface area contributed by atoms with Gasteiger partial charge in [0.15, 0.2) is 0 Å². The molecule has 2 fully saturated rings. The van der Waals surface area contributed by atoms with Gasteiger partial charge in [-0.15, -0.1) is 0 Å². The number of alkyl halides is 3. The fraction of sp³-hybridized carbons (Fsp3) is 0.704. The molecular formula is C27H38F4. The van der Waals surface area contributed by atoms with Crippen molar-refractivity contribution in [1.29, 1.82) is 0 Å². The maximum atomic E-state index is 13.9. The first-order valence-corrected chi connectivity index (χ1v) is 12.3. The summed E-state index contributed by atoms with van der Waals surface area (Å²) in [5, 5.41) is 0. The van der Waals surface area contributed by atoms with Crippen molar-refractivity contribution in [3.05, 3.63) is 47.3 Å². The Hall–Kier alpha value is -1.32. The molecule has 0 aromatic heterocycles. The highest BCUT2D eigenvalue weighted by atomic mass is 19.4. The molecule has 0 heterocycles. The summed E-state index contributed by atoms with van der Waals surface area (Å²) >= 11 is 0. The second-order valence-corrected chi connectivity index (χ2v) is 10.1. The lowest BCUT2D eigenvalue weighted by Gasteiger charge is -2.32. The zero-order chi connectivity index (χ0) is 22.4. The molecular weight excluding hydrogens is 400 g/mol. The summed E-state index contributed by atoms with van der Waals surface area (Å²) in [5.74, 6) is 1.54. The van der Waals surface area contributed by atoms with Gasteiger partial charge in [-0.2, -0.15) is 13.2 Å². The average Bonchev–Trinajstić information content (AvgIpc) is 2.76. The van der Waals surface area contributed by atoms with Gasteiger partial charge in [-0.05, 0) is 86.3 Å². The monoisotopic (exact) mass is 438 g/mol. The van der Waals surface area contributed by atoms with Gasteiger partial charge in [-0.3, -0.25) is 0 Å². The van der Waals surface area contributed by atoms with E-state index in [1.165, 1.54) is 63.0 Å². The topological polar surface area (TPSA) is 0 Å². The highest BCUT2D eigenvalue weighted by Gasteiger charge is 2.34. The van der Waals surface area contributed by atoms with Crippen molar-refractivity contribution in [2.75, 3.05) is 0 Å². The van der Waals surface area contributed by atoms with Gasteiger partial charge in [0.2, 0.25) is 0 Å². The van der Waals surface area contributed by atoms with Gasteiger partial charge in [0.1, 0.15) is 5.82 Å². The lowest BCUT2D eigenvalue weighted by atomic mass is 9.74. The van der Waals surface area contributed by atoms with Crippen LogP contribution in [0.2, 0.25) is 0 Å². The van der Waals surface area contributed by atoms with Crippen LogP contribution in [0.15, 0.2) is 30.4 Å². The molecule has 0 spiro atoms. The molecule has 0 amide bonds. The molecule has 0 atom stereocenters. The number of hydrogen-bond donors (Lipinski definition) is 0. The molecule has 2 aliphatic carbocycles. The van der Waals surface area contributed by atoms with E-state index < -0.39 is 17.6 Å². The summed E-state index contributed by atoms with van der Waals surface area (Å²) in [7, 11) is 0. The van der Waals surface area contributed by atoms with Crippen LogP contribution in [0.25, 0.3) is 0 Å². The van der Waals surface area contributed by atoms with Crippen molar-refractivity contribution in [1.82, 2.24) is 0 Å². The minimum absolute atomic E-state index is 0.196. The Morgan fingerprint density at radius 3 is 1.87 bits per heavy atom. The van der Waals surface area contributed by atoms with Gasteiger partial charge in [0.05, 0.1) is 5.56 Å². The number of rotatable bonds is 8. The van der Waals surface area contributed by atoms with Crippen molar-refractivity contribution in [2.45, 2.75) is 102 Å². The van der Waals surface area contributed by atoms with Crippen molar-refractivity contribution in [3.63, 3.8) is 0 Å². The summed E-state index contributed by atoms with van der Waals surface area (Å²) in [5.41, 5.74) is 0.958. The first kappa shape index (κ1) is 24.3. The van der Waals surface area contributed by atoms with Crippen LogP contribution < -0.4 is 0 Å². The zero-order valence-corrected chi connectivity index (χ0v) is 19.0. The van der Waals surface area contributed by atoms with Crippen molar-refractivity contribution in [2.24, 2.45) is 17.8 Å². The number of halogens is 4. The Bertz CT molecular complexity index is 704. The molecule has 0 saturated heterocycles. The van der Waals surface area contributed by atoms with Gasteiger partial charge in [-0.1, -0.05) is 63.7 Å². The smallest absolute Gasteiger partial charge is 0.206 e. The molecule has 0 N–H and O–H groups in total. The van der Waals surface area contributed by atoms with E-state index in [0.29, 0.717) is 0 Å². The first-order chi connectivity index (χ1) is 14.8. The Morgan fingerprint density at radius 1 is 0.871 bits per heavy atom. The zero-order valence-electron chi connectivity index (χ0n) is 19.0. The van der Waals surface area contributed by atoms with Crippen molar-refractivity contribution >= 4 is 0 Å². The molecule has 0 unspecified atom stereocenters. The van der Waals surface area contributed by atoms with E-state index in [2.05, 4.69) is 13.5 Å². The summed E-state index contributed by atoms with van der Waals surface area (Å²) < 4.78 is 52.2. The molecule has 1 aromatic rings. The molecule has 0 aliphatic heterocycles. The van der Waals surface area contributed by atoms with Crippen LogP contribution in [-0.4, -0.2) is 0 Å². The lowest BCUT2D eigenvalue weighted by Crippen LogP contribution is -2.18. The SMILES string of the molecule is C=C(CC)CCC1CCC(CCC2CCC(c3ccc(C(F)(F)F)c(F)c3)CC2)CC1. The third kappa shape index (κ3) is 7.08. The van der Waals surface area contributed by atoms with E-state index in [1.807, 2.05) is 0 Å². The largest absolute Gasteiger partial charge is 0.419 e. The van der Waals surface area contributed by atoms with Gasteiger partial charge in [0.25, 0.3) is 0 Å². The Kier molecular flexibility index (Phi) is 8.64. The highest BCUT2D eigenvalue weighted by molar-refractivity contribution is 5.29. The summed E-state index contributed by atoms with van der Waals surface area (Å²) in [6, 6.07) is 3.50. The average molecular weight is 439 g/mol. The summed E-state index contributed by atoms with van der Waals surface area (Å²) in [6.07, 6.45) is 11.2. The van der Waals surface area contributed by atoms with E-state index in [-0.39, 0.29) is 5.92 Å². The maximum Gasteiger partial charge on any atom is 0.419 e. The number of hydrogen-bond acceptors (Lipinski definition) is 0. The molecule has 4 heteroatoms. The fourth-order valence-electron chi connectivity index (χ4n) is 5.66. The molecule has 3 rings (SSSR count). The van der Waals surface area contributed by atoms with Crippen LogP contribution in [-0.2, 0) is 6.18 Å². The summed E-state index contributed by atoms with van der Waals surface area (Å²) in [4.78, 5) is 0. The van der Waals surface area contributed by atoms with E-state index in [4.69, 9.17) is 0 Å².